The van der Waals surface area contributed by atoms with Crippen LogP contribution in [0.3, 0.4) is 0 Å². The molecule has 1 aromatic rings. The van der Waals surface area contributed by atoms with E-state index < -0.39 is 17.5 Å². The molecule has 0 aromatic heterocycles. The molecular weight excluding hydrogens is 277 g/mol. The number of thioether (sulfide) groups is 1. The Balaban J connectivity index is 2.81. The van der Waals surface area contributed by atoms with Gasteiger partial charge in [0.1, 0.15) is 0 Å². The lowest BCUT2D eigenvalue weighted by atomic mass is 10.1. The zero-order chi connectivity index (χ0) is 14.5. The third-order valence-corrected chi connectivity index (χ3v) is 3.11. The summed E-state index contributed by atoms with van der Waals surface area (Å²) < 4.78 is 37.1. The fourth-order valence-electron chi connectivity index (χ4n) is 1.45. The standard InChI is InChI=1S/C12H15F3N2OS/c1-2-5-8(16)11(18)17-9-6-3-4-7-10(9)19-12(13,14)15/h3-4,6-8H,2,5,16H2,1H3,(H,17,18). The molecule has 0 fully saturated rings. The molecule has 0 spiro atoms. The van der Waals surface area contributed by atoms with Crippen molar-refractivity contribution in [1.82, 2.24) is 0 Å². The van der Waals surface area contributed by atoms with Crippen LogP contribution in [-0.4, -0.2) is 17.5 Å². The summed E-state index contributed by atoms with van der Waals surface area (Å²) in [6.45, 7) is 1.88. The Morgan fingerprint density at radius 3 is 2.63 bits per heavy atom. The highest BCUT2D eigenvalue weighted by atomic mass is 32.2. The van der Waals surface area contributed by atoms with Gasteiger partial charge in [0, 0.05) is 4.90 Å². The van der Waals surface area contributed by atoms with Gasteiger partial charge >= 0.3 is 5.51 Å². The maximum absolute atomic E-state index is 12.4. The summed E-state index contributed by atoms with van der Waals surface area (Å²) >= 11 is -0.261. The first-order valence-electron chi connectivity index (χ1n) is 5.74. The van der Waals surface area contributed by atoms with Crippen LogP contribution in [0.2, 0.25) is 0 Å². The maximum Gasteiger partial charge on any atom is 0.446 e. The van der Waals surface area contributed by atoms with Gasteiger partial charge in [0.15, 0.2) is 0 Å². The molecule has 3 nitrogen and oxygen atoms in total. The number of carbonyl (C=O) groups excluding carboxylic acids is 1. The molecule has 0 bridgehead atoms. The quantitative estimate of drug-likeness (QED) is 0.818. The molecule has 0 aliphatic carbocycles. The minimum absolute atomic E-state index is 0.0490. The summed E-state index contributed by atoms with van der Waals surface area (Å²) in [5.74, 6) is -0.475. The normalized spacial score (nSPS) is 13.1. The number of halogens is 3. The van der Waals surface area contributed by atoms with Crippen molar-refractivity contribution in [3.05, 3.63) is 24.3 Å². The molecule has 19 heavy (non-hydrogen) atoms. The second-order valence-electron chi connectivity index (χ2n) is 3.93. The van der Waals surface area contributed by atoms with Crippen LogP contribution in [-0.2, 0) is 4.79 Å². The number of benzene rings is 1. The predicted molar refractivity (Wildman–Crippen MR) is 69.9 cm³/mol. The van der Waals surface area contributed by atoms with Gasteiger partial charge in [-0.1, -0.05) is 25.5 Å². The highest BCUT2D eigenvalue weighted by Gasteiger charge is 2.30. The van der Waals surface area contributed by atoms with Crippen LogP contribution in [0, 0.1) is 0 Å². The molecule has 0 aliphatic heterocycles. The zero-order valence-electron chi connectivity index (χ0n) is 10.3. The molecule has 3 N–H and O–H groups in total. The van der Waals surface area contributed by atoms with E-state index in [1.165, 1.54) is 18.2 Å². The smallest absolute Gasteiger partial charge is 0.324 e. The summed E-state index contributed by atoms with van der Waals surface area (Å²) in [6, 6.07) is 5.05. The Morgan fingerprint density at radius 1 is 1.42 bits per heavy atom. The molecule has 0 saturated heterocycles. The van der Waals surface area contributed by atoms with E-state index >= 15 is 0 Å². The summed E-state index contributed by atoms with van der Waals surface area (Å²) in [4.78, 5) is 11.6. The fourth-order valence-corrected chi connectivity index (χ4v) is 2.08. The molecule has 1 rings (SSSR count). The molecule has 7 heteroatoms. The highest BCUT2D eigenvalue weighted by molar-refractivity contribution is 8.00. The van der Waals surface area contributed by atoms with Crippen LogP contribution in [0.25, 0.3) is 0 Å². The molecule has 1 unspecified atom stereocenters. The van der Waals surface area contributed by atoms with Gasteiger partial charge < -0.3 is 11.1 Å². The van der Waals surface area contributed by atoms with Crippen molar-refractivity contribution in [3.63, 3.8) is 0 Å². The summed E-state index contributed by atoms with van der Waals surface area (Å²) in [7, 11) is 0. The zero-order valence-corrected chi connectivity index (χ0v) is 11.1. The minimum Gasteiger partial charge on any atom is -0.324 e. The molecule has 0 aliphatic rings. The van der Waals surface area contributed by atoms with Crippen LogP contribution in [0.15, 0.2) is 29.2 Å². The predicted octanol–water partition coefficient (Wildman–Crippen LogP) is 3.36. The van der Waals surface area contributed by atoms with Gasteiger partial charge in [-0.2, -0.15) is 13.2 Å². The van der Waals surface area contributed by atoms with Crippen molar-refractivity contribution in [2.45, 2.75) is 36.2 Å². The number of rotatable bonds is 5. The van der Waals surface area contributed by atoms with Gasteiger partial charge in [0.05, 0.1) is 11.7 Å². The lowest BCUT2D eigenvalue weighted by Gasteiger charge is -2.14. The number of nitrogens with two attached hydrogens (primary N) is 1. The van der Waals surface area contributed by atoms with E-state index in [-0.39, 0.29) is 22.3 Å². The Hall–Kier alpha value is -1.21. The van der Waals surface area contributed by atoms with Crippen molar-refractivity contribution in [2.24, 2.45) is 5.73 Å². The number of nitrogens with one attached hydrogen (secondary N) is 1. The second kappa shape index (κ2) is 6.81. The monoisotopic (exact) mass is 292 g/mol. The topological polar surface area (TPSA) is 55.1 Å². The molecule has 1 aromatic carbocycles. The van der Waals surface area contributed by atoms with Gasteiger partial charge in [-0.15, -0.1) is 0 Å². The molecule has 0 saturated carbocycles. The Bertz CT molecular complexity index is 437. The van der Waals surface area contributed by atoms with Crippen LogP contribution in [0.1, 0.15) is 19.8 Å². The molecule has 106 valence electrons. The number of hydrogen-bond donors (Lipinski definition) is 2. The third-order valence-electron chi connectivity index (χ3n) is 2.31. The molecule has 1 amide bonds. The Morgan fingerprint density at radius 2 is 2.05 bits per heavy atom. The number of anilines is 1. The first-order valence-corrected chi connectivity index (χ1v) is 6.56. The van der Waals surface area contributed by atoms with Gasteiger partial charge in [-0.3, -0.25) is 4.79 Å². The molecule has 1 atom stereocenters. The van der Waals surface area contributed by atoms with E-state index in [0.717, 1.165) is 6.42 Å². The number of para-hydroxylation sites is 1. The van der Waals surface area contributed by atoms with Crippen molar-refractivity contribution in [3.8, 4) is 0 Å². The number of hydrogen-bond acceptors (Lipinski definition) is 3. The first kappa shape index (κ1) is 15.8. The number of carbonyl (C=O) groups is 1. The second-order valence-corrected chi connectivity index (χ2v) is 5.04. The molecular formula is C12H15F3N2OS. The van der Waals surface area contributed by atoms with Crippen LogP contribution in [0.4, 0.5) is 18.9 Å². The fraction of sp³-hybridized carbons (Fsp3) is 0.417. The van der Waals surface area contributed by atoms with Crippen LogP contribution < -0.4 is 11.1 Å². The minimum atomic E-state index is -4.40. The number of amides is 1. The summed E-state index contributed by atoms with van der Waals surface area (Å²) in [6.07, 6.45) is 1.22. The van der Waals surface area contributed by atoms with Crippen molar-refractivity contribution >= 4 is 23.4 Å². The van der Waals surface area contributed by atoms with E-state index in [9.17, 15) is 18.0 Å². The molecule has 0 heterocycles. The average Bonchev–Trinajstić information content (AvgIpc) is 2.30. The summed E-state index contributed by atoms with van der Waals surface area (Å²) in [5, 5.41) is 2.43. The van der Waals surface area contributed by atoms with Crippen molar-refractivity contribution in [1.29, 1.82) is 0 Å². The van der Waals surface area contributed by atoms with Crippen molar-refractivity contribution < 1.29 is 18.0 Å². The van der Waals surface area contributed by atoms with E-state index in [2.05, 4.69) is 5.32 Å². The highest BCUT2D eigenvalue weighted by Crippen LogP contribution is 2.40. The van der Waals surface area contributed by atoms with Crippen molar-refractivity contribution in [2.75, 3.05) is 5.32 Å². The van der Waals surface area contributed by atoms with Crippen LogP contribution >= 0.6 is 11.8 Å². The SMILES string of the molecule is CCCC(N)C(=O)Nc1ccccc1SC(F)(F)F. The lowest BCUT2D eigenvalue weighted by Crippen LogP contribution is -2.35. The number of alkyl halides is 3. The van der Waals surface area contributed by atoms with E-state index in [4.69, 9.17) is 5.73 Å². The van der Waals surface area contributed by atoms with Gasteiger partial charge in [0.25, 0.3) is 0 Å². The van der Waals surface area contributed by atoms with Gasteiger partial charge in [-0.25, -0.2) is 0 Å². The largest absolute Gasteiger partial charge is 0.446 e. The van der Waals surface area contributed by atoms with Gasteiger partial charge in [-0.05, 0) is 30.3 Å². The van der Waals surface area contributed by atoms with E-state index in [1.807, 2.05) is 6.92 Å². The average molecular weight is 292 g/mol. The molecule has 0 radical (unpaired) electrons. The Labute approximate surface area is 113 Å². The van der Waals surface area contributed by atoms with Gasteiger partial charge in [0.2, 0.25) is 5.91 Å². The first-order chi connectivity index (χ1) is 8.83. The third kappa shape index (κ3) is 5.52. The maximum atomic E-state index is 12.4. The van der Waals surface area contributed by atoms with Crippen LogP contribution in [0.5, 0.6) is 0 Å². The summed E-state index contributed by atoms with van der Waals surface area (Å²) in [5.41, 5.74) is 1.34. The Kier molecular flexibility index (Phi) is 5.68. The lowest BCUT2D eigenvalue weighted by molar-refractivity contribution is -0.117. The van der Waals surface area contributed by atoms with E-state index in [1.54, 1.807) is 6.07 Å². The van der Waals surface area contributed by atoms with E-state index in [0.29, 0.717) is 6.42 Å².